The lowest BCUT2D eigenvalue weighted by molar-refractivity contribution is -0.127. The van der Waals surface area contributed by atoms with Gasteiger partial charge < -0.3 is 9.80 Å². The molecule has 0 unspecified atom stereocenters. The molecule has 2 heterocycles. The van der Waals surface area contributed by atoms with Crippen LogP contribution in [0.4, 0.5) is 0 Å². The summed E-state index contributed by atoms with van der Waals surface area (Å²) in [5.41, 5.74) is 0. The van der Waals surface area contributed by atoms with Crippen LogP contribution in [0.15, 0.2) is 64.2 Å². The van der Waals surface area contributed by atoms with Gasteiger partial charge in [0, 0.05) is 37.2 Å². The van der Waals surface area contributed by atoms with Crippen LogP contribution in [0, 0.1) is 0 Å². The minimum atomic E-state index is 0.00153. The number of benzene rings is 1. The average molecular weight is 358 g/mol. The number of thiophene rings is 1. The number of thioether (sulfide) groups is 1. The number of hydrogen-bond acceptors (Lipinski definition) is 4. The van der Waals surface area contributed by atoms with E-state index in [4.69, 9.17) is 0 Å². The first-order chi connectivity index (χ1) is 11.7. The molecule has 0 spiro atoms. The third-order valence-electron chi connectivity index (χ3n) is 3.77. The average Bonchev–Trinajstić information content (AvgIpc) is 3.17. The Bertz CT molecular complexity index is 706. The van der Waals surface area contributed by atoms with Crippen LogP contribution in [0.1, 0.15) is 9.67 Å². The molecule has 1 saturated heterocycles. The van der Waals surface area contributed by atoms with Crippen molar-refractivity contribution in [3.8, 4) is 0 Å². The van der Waals surface area contributed by atoms with Crippen LogP contribution in [0.2, 0.25) is 0 Å². The van der Waals surface area contributed by atoms with Crippen LogP contribution < -0.4 is 0 Å². The maximum atomic E-state index is 12.3. The number of carbonyl (C=O) groups excluding carboxylic acids is 2. The second kappa shape index (κ2) is 8.17. The Morgan fingerprint density at radius 2 is 1.67 bits per heavy atom. The van der Waals surface area contributed by atoms with Crippen molar-refractivity contribution in [3.05, 3.63) is 64.2 Å². The van der Waals surface area contributed by atoms with Crippen LogP contribution >= 0.6 is 23.1 Å². The number of hydrogen-bond donors (Lipinski definition) is 0. The number of piperazine rings is 1. The lowest BCUT2D eigenvalue weighted by Crippen LogP contribution is -2.50. The molecule has 1 aliphatic rings. The van der Waals surface area contributed by atoms with E-state index in [9.17, 15) is 9.59 Å². The lowest BCUT2D eigenvalue weighted by atomic mass is 10.3. The number of nitrogens with zero attached hydrogens (tertiary/aromatic N) is 2. The zero-order chi connectivity index (χ0) is 16.8. The summed E-state index contributed by atoms with van der Waals surface area (Å²) < 4.78 is 0. The quantitative estimate of drug-likeness (QED) is 0.622. The third-order valence-corrected chi connectivity index (χ3v) is 5.44. The van der Waals surface area contributed by atoms with Gasteiger partial charge >= 0.3 is 0 Å². The Labute approximate surface area is 149 Å². The molecule has 24 heavy (non-hydrogen) atoms. The Morgan fingerprint density at radius 1 is 0.958 bits per heavy atom. The Morgan fingerprint density at radius 3 is 2.33 bits per heavy atom. The molecule has 3 rings (SSSR count). The molecule has 0 radical (unpaired) electrons. The summed E-state index contributed by atoms with van der Waals surface area (Å²) >= 11 is 2.98. The van der Waals surface area contributed by atoms with Gasteiger partial charge in [-0.2, -0.15) is 0 Å². The molecule has 2 amide bonds. The second-order valence-corrected chi connectivity index (χ2v) is 7.26. The second-order valence-electron chi connectivity index (χ2n) is 5.33. The molecular weight excluding hydrogens is 340 g/mol. The summed E-state index contributed by atoms with van der Waals surface area (Å²) in [7, 11) is 0. The summed E-state index contributed by atoms with van der Waals surface area (Å²) in [4.78, 5) is 30.0. The summed E-state index contributed by atoms with van der Waals surface area (Å²) in [6.45, 7) is 2.33. The lowest BCUT2D eigenvalue weighted by Gasteiger charge is -2.34. The molecule has 124 valence electrons. The van der Waals surface area contributed by atoms with E-state index in [0.29, 0.717) is 26.2 Å². The van der Waals surface area contributed by atoms with Crippen LogP contribution in [0.3, 0.4) is 0 Å². The summed E-state index contributed by atoms with van der Waals surface area (Å²) in [6.07, 6.45) is 1.61. The fourth-order valence-corrected chi connectivity index (χ4v) is 3.81. The first-order valence-electron chi connectivity index (χ1n) is 7.74. The van der Waals surface area contributed by atoms with Crippen LogP contribution in [-0.4, -0.2) is 47.8 Å². The minimum absolute atomic E-state index is 0.00153. The van der Waals surface area contributed by atoms with Gasteiger partial charge in [-0.1, -0.05) is 36.0 Å². The largest absolute Gasteiger partial charge is 0.336 e. The first kappa shape index (κ1) is 16.8. The molecule has 0 bridgehead atoms. The molecule has 0 N–H and O–H groups in total. The molecule has 0 atom stereocenters. The van der Waals surface area contributed by atoms with Gasteiger partial charge in [-0.3, -0.25) is 9.59 Å². The van der Waals surface area contributed by atoms with E-state index in [1.165, 1.54) is 23.1 Å². The standard InChI is InChI=1S/C18H18N2O2S2/c21-17(8-14-23-15-5-2-1-3-6-15)19-9-11-20(12-10-19)18(22)16-7-4-13-24-16/h1-8,13-14H,9-12H2/b14-8+. The summed E-state index contributed by atoms with van der Waals surface area (Å²) in [5.74, 6) is 0.0638. The van der Waals surface area contributed by atoms with E-state index in [2.05, 4.69) is 0 Å². The number of amides is 2. The van der Waals surface area contributed by atoms with Crippen molar-refractivity contribution in [2.24, 2.45) is 0 Å². The predicted octanol–water partition coefficient (Wildman–Crippen LogP) is 3.34. The highest BCUT2D eigenvalue weighted by Gasteiger charge is 2.24. The SMILES string of the molecule is O=C(/C=C/Sc1ccccc1)N1CCN(C(=O)c2cccs2)CC1. The van der Waals surface area contributed by atoms with E-state index < -0.39 is 0 Å². The third kappa shape index (κ3) is 4.27. The maximum absolute atomic E-state index is 12.3. The smallest absolute Gasteiger partial charge is 0.264 e. The Kier molecular flexibility index (Phi) is 5.72. The van der Waals surface area contributed by atoms with Crippen LogP contribution in [0.25, 0.3) is 0 Å². The highest BCUT2D eigenvalue weighted by molar-refractivity contribution is 8.02. The molecule has 6 heteroatoms. The van der Waals surface area contributed by atoms with Gasteiger partial charge in [0.25, 0.3) is 5.91 Å². The predicted molar refractivity (Wildman–Crippen MR) is 98.2 cm³/mol. The Hall–Kier alpha value is -2.05. The van der Waals surface area contributed by atoms with Gasteiger partial charge in [0.15, 0.2) is 0 Å². The molecule has 1 aromatic carbocycles. The topological polar surface area (TPSA) is 40.6 Å². The molecule has 1 fully saturated rings. The summed E-state index contributed by atoms with van der Waals surface area (Å²) in [5, 5.41) is 3.73. The molecule has 0 saturated carbocycles. The molecule has 2 aromatic rings. The molecule has 4 nitrogen and oxygen atoms in total. The van der Waals surface area contributed by atoms with Crippen molar-refractivity contribution in [3.63, 3.8) is 0 Å². The van der Waals surface area contributed by atoms with Crippen molar-refractivity contribution in [2.75, 3.05) is 26.2 Å². The van der Waals surface area contributed by atoms with E-state index in [1.54, 1.807) is 11.0 Å². The maximum Gasteiger partial charge on any atom is 0.264 e. The van der Waals surface area contributed by atoms with Crippen LogP contribution in [-0.2, 0) is 4.79 Å². The highest BCUT2D eigenvalue weighted by atomic mass is 32.2. The van der Waals surface area contributed by atoms with Gasteiger partial charge in [0.1, 0.15) is 0 Å². The first-order valence-corrected chi connectivity index (χ1v) is 9.50. The van der Waals surface area contributed by atoms with Crippen LogP contribution in [0.5, 0.6) is 0 Å². The van der Waals surface area contributed by atoms with E-state index in [1.807, 2.05) is 58.2 Å². The van der Waals surface area contributed by atoms with Gasteiger partial charge in [-0.05, 0) is 29.0 Å². The van der Waals surface area contributed by atoms with E-state index >= 15 is 0 Å². The number of carbonyl (C=O) groups is 2. The van der Waals surface area contributed by atoms with Gasteiger partial charge in [-0.15, -0.1) is 11.3 Å². The monoisotopic (exact) mass is 358 g/mol. The fraction of sp³-hybridized carbons (Fsp3) is 0.222. The van der Waals surface area contributed by atoms with Crippen molar-refractivity contribution in [2.45, 2.75) is 4.90 Å². The van der Waals surface area contributed by atoms with E-state index in [-0.39, 0.29) is 11.8 Å². The van der Waals surface area contributed by atoms with Crippen molar-refractivity contribution < 1.29 is 9.59 Å². The Balaban J connectivity index is 1.47. The normalized spacial score (nSPS) is 15.0. The highest BCUT2D eigenvalue weighted by Crippen LogP contribution is 2.18. The zero-order valence-corrected chi connectivity index (χ0v) is 14.8. The zero-order valence-electron chi connectivity index (χ0n) is 13.1. The van der Waals surface area contributed by atoms with Gasteiger partial charge in [-0.25, -0.2) is 0 Å². The molecule has 1 aromatic heterocycles. The molecular formula is C18H18N2O2S2. The molecule has 1 aliphatic heterocycles. The minimum Gasteiger partial charge on any atom is -0.336 e. The fourth-order valence-electron chi connectivity index (χ4n) is 2.46. The van der Waals surface area contributed by atoms with Gasteiger partial charge in [0.05, 0.1) is 4.88 Å². The summed E-state index contributed by atoms with van der Waals surface area (Å²) in [6, 6.07) is 13.7. The number of rotatable bonds is 4. The van der Waals surface area contributed by atoms with Crippen molar-refractivity contribution in [1.29, 1.82) is 0 Å². The van der Waals surface area contributed by atoms with Gasteiger partial charge in [0.2, 0.25) is 5.91 Å². The molecule has 0 aliphatic carbocycles. The van der Waals surface area contributed by atoms with Crippen molar-refractivity contribution in [1.82, 2.24) is 9.80 Å². The van der Waals surface area contributed by atoms with E-state index in [0.717, 1.165) is 9.77 Å². The van der Waals surface area contributed by atoms with Crippen molar-refractivity contribution >= 4 is 34.9 Å².